The number of likely N-dealkylation sites (N-methyl/N-ethyl adjacent to an activating group) is 1. The van der Waals surface area contributed by atoms with E-state index in [9.17, 15) is 8.42 Å². The number of hydrogen-bond acceptors (Lipinski definition) is 4. The van der Waals surface area contributed by atoms with E-state index < -0.39 is 10.0 Å². The van der Waals surface area contributed by atoms with Gasteiger partial charge in [-0.2, -0.15) is 0 Å². The van der Waals surface area contributed by atoms with Crippen molar-refractivity contribution in [3.63, 3.8) is 0 Å². The average Bonchev–Trinajstić information content (AvgIpc) is 2.48. The maximum atomic E-state index is 12.1. The predicted molar refractivity (Wildman–Crippen MR) is 83.4 cm³/mol. The van der Waals surface area contributed by atoms with Gasteiger partial charge in [0.2, 0.25) is 10.0 Å². The first-order valence-corrected chi connectivity index (χ1v) is 8.12. The van der Waals surface area contributed by atoms with Gasteiger partial charge in [-0.15, -0.1) is 0 Å². The number of aromatic nitrogens is 1. The van der Waals surface area contributed by atoms with Gasteiger partial charge in [0.15, 0.2) is 0 Å². The fourth-order valence-corrected chi connectivity index (χ4v) is 2.87. The lowest BCUT2D eigenvalue weighted by atomic mass is 10.1. The molecule has 0 atom stereocenters. The molecule has 6 heteroatoms. The van der Waals surface area contributed by atoms with Gasteiger partial charge in [-0.3, -0.25) is 4.98 Å². The molecule has 0 aliphatic heterocycles. The summed E-state index contributed by atoms with van der Waals surface area (Å²) in [5.41, 5.74) is 1.90. The Morgan fingerprint density at radius 1 is 1.10 bits per heavy atom. The van der Waals surface area contributed by atoms with E-state index in [1.54, 1.807) is 36.7 Å². The third kappa shape index (κ3) is 4.35. The van der Waals surface area contributed by atoms with Gasteiger partial charge in [0.1, 0.15) is 0 Å². The van der Waals surface area contributed by atoms with E-state index in [0.717, 1.165) is 11.1 Å². The second-order valence-corrected chi connectivity index (χ2v) is 6.73. The minimum Gasteiger partial charge on any atom is -0.308 e. The summed E-state index contributed by atoms with van der Waals surface area (Å²) in [5.74, 6) is 0. The molecule has 21 heavy (non-hydrogen) atoms. The number of benzene rings is 1. The van der Waals surface area contributed by atoms with Crippen LogP contribution in [0.5, 0.6) is 0 Å². The van der Waals surface area contributed by atoms with Crippen LogP contribution in [-0.4, -0.2) is 45.5 Å². The van der Waals surface area contributed by atoms with Crippen molar-refractivity contribution in [3.8, 4) is 11.1 Å². The van der Waals surface area contributed by atoms with E-state index >= 15 is 0 Å². The number of hydrogen-bond donors (Lipinski definition) is 1. The summed E-state index contributed by atoms with van der Waals surface area (Å²) in [6.07, 6.45) is 3.45. The molecule has 1 aromatic heterocycles. The molecule has 0 fully saturated rings. The lowest BCUT2D eigenvalue weighted by Crippen LogP contribution is -2.31. The molecule has 0 spiro atoms. The van der Waals surface area contributed by atoms with Crippen LogP contribution in [0.1, 0.15) is 0 Å². The predicted octanol–water partition coefficient (Wildman–Crippen LogP) is 1.59. The van der Waals surface area contributed by atoms with Gasteiger partial charge in [-0.05, 0) is 43.4 Å². The monoisotopic (exact) mass is 305 g/mol. The van der Waals surface area contributed by atoms with Crippen molar-refractivity contribution < 1.29 is 8.42 Å². The molecule has 0 unspecified atom stereocenters. The topological polar surface area (TPSA) is 62.3 Å². The Hall–Kier alpha value is -1.76. The largest absolute Gasteiger partial charge is 0.308 e. The summed E-state index contributed by atoms with van der Waals surface area (Å²) < 4.78 is 26.8. The molecule has 5 nitrogen and oxygen atoms in total. The first-order chi connectivity index (χ1) is 9.99. The molecule has 0 bridgehead atoms. The molecule has 112 valence electrons. The fourth-order valence-electron chi connectivity index (χ4n) is 1.85. The molecular formula is C15H19N3O2S. The van der Waals surface area contributed by atoms with E-state index in [0.29, 0.717) is 13.1 Å². The first-order valence-electron chi connectivity index (χ1n) is 6.64. The maximum Gasteiger partial charge on any atom is 0.240 e. The van der Waals surface area contributed by atoms with Gasteiger partial charge < -0.3 is 4.90 Å². The van der Waals surface area contributed by atoms with Crippen LogP contribution in [0.15, 0.2) is 53.7 Å². The molecule has 0 aliphatic carbocycles. The van der Waals surface area contributed by atoms with Crippen LogP contribution in [0.2, 0.25) is 0 Å². The SMILES string of the molecule is CN(C)CCNS(=O)(=O)c1ccc(-c2cccnc2)cc1. The van der Waals surface area contributed by atoms with Crippen LogP contribution in [0, 0.1) is 0 Å². The van der Waals surface area contributed by atoms with E-state index in [2.05, 4.69) is 9.71 Å². The highest BCUT2D eigenvalue weighted by Crippen LogP contribution is 2.20. The van der Waals surface area contributed by atoms with E-state index in [4.69, 9.17) is 0 Å². The quantitative estimate of drug-likeness (QED) is 0.880. The van der Waals surface area contributed by atoms with Gasteiger partial charge in [0.05, 0.1) is 4.90 Å². The zero-order valence-corrected chi connectivity index (χ0v) is 13.0. The Morgan fingerprint density at radius 3 is 2.38 bits per heavy atom. The zero-order chi connectivity index (χ0) is 15.3. The number of sulfonamides is 1. The van der Waals surface area contributed by atoms with Crippen molar-refractivity contribution in [3.05, 3.63) is 48.8 Å². The van der Waals surface area contributed by atoms with Crippen LogP contribution in [0.4, 0.5) is 0 Å². The van der Waals surface area contributed by atoms with E-state index in [1.165, 1.54) is 0 Å². The van der Waals surface area contributed by atoms with E-state index in [-0.39, 0.29) is 4.90 Å². The number of pyridine rings is 1. The summed E-state index contributed by atoms with van der Waals surface area (Å²) in [4.78, 5) is 6.25. The molecule has 2 aromatic rings. The third-order valence-electron chi connectivity index (χ3n) is 3.01. The van der Waals surface area contributed by atoms with Gasteiger partial charge >= 0.3 is 0 Å². The van der Waals surface area contributed by atoms with Crippen molar-refractivity contribution in [1.29, 1.82) is 0 Å². The Labute approximate surface area is 125 Å². The third-order valence-corrected chi connectivity index (χ3v) is 4.49. The summed E-state index contributed by atoms with van der Waals surface area (Å²) in [6.45, 7) is 1.05. The summed E-state index contributed by atoms with van der Waals surface area (Å²) in [7, 11) is 0.352. The average molecular weight is 305 g/mol. The highest BCUT2D eigenvalue weighted by molar-refractivity contribution is 7.89. The molecule has 0 saturated carbocycles. The molecule has 0 radical (unpaired) electrons. The smallest absolute Gasteiger partial charge is 0.240 e. The van der Waals surface area contributed by atoms with Gasteiger partial charge in [0.25, 0.3) is 0 Å². The molecule has 2 rings (SSSR count). The normalized spacial score (nSPS) is 11.8. The molecule has 0 saturated heterocycles. The second kappa shape index (κ2) is 6.80. The van der Waals surface area contributed by atoms with Crippen LogP contribution in [0.3, 0.4) is 0 Å². The van der Waals surface area contributed by atoms with Crippen molar-refractivity contribution in [2.45, 2.75) is 4.90 Å². The standard InChI is InChI=1S/C15H19N3O2S/c1-18(2)11-10-17-21(19,20)15-7-5-13(6-8-15)14-4-3-9-16-12-14/h3-9,12,17H,10-11H2,1-2H3. The minimum absolute atomic E-state index is 0.272. The summed E-state index contributed by atoms with van der Waals surface area (Å²) in [6, 6.07) is 10.6. The Balaban J connectivity index is 2.11. The number of nitrogens with one attached hydrogen (secondary N) is 1. The van der Waals surface area contributed by atoms with Crippen LogP contribution in [-0.2, 0) is 10.0 Å². The second-order valence-electron chi connectivity index (χ2n) is 4.97. The molecule has 1 heterocycles. The highest BCUT2D eigenvalue weighted by Gasteiger charge is 2.13. The fraction of sp³-hybridized carbons (Fsp3) is 0.267. The minimum atomic E-state index is -3.45. The van der Waals surface area contributed by atoms with Crippen LogP contribution in [0.25, 0.3) is 11.1 Å². The first kappa shape index (κ1) is 15.6. The van der Waals surface area contributed by atoms with Crippen LogP contribution < -0.4 is 4.72 Å². The highest BCUT2D eigenvalue weighted by atomic mass is 32.2. The van der Waals surface area contributed by atoms with Crippen LogP contribution >= 0.6 is 0 Å². The number of nitrogens with zero attached hydrogens (tertiary/aromatic N) is 2. The molecule has 1 aromatic carbocycles. The lowest BCUT2D eigenvalue weighted by Gasteiger charge is -2.11. The lowest BCUT2D eigenvalue weighted by molar-refractivity contribution is 0.412. The maximum absolute atomic E-state index is 12.1. The van der Waals surface area contributed by atoms with Crippen molar-refractivity contribution in [2.24, 2.45) is 0 Å². The Morgan fingerprint density at radius 2 is 1.81 bits per heavy atom. The molecular weight excluding hydrogens is 286 g/mol. The van der Waals surface area contributed by atoms with Gasteiger partial charge in [0, 0.05) is 25.5 Å². The van der Waals surface area contributed by atoms with Gasteiger partial charge in [-0.25, -0.2) is 13.1 Å². The Bertz CT molecular complexity index is 668. The summed E-state index contributed by atoms with van der Waals surface area (Å²) >= 11 is 0. The van der Waals surface area contributed by atoms with E-state index in [1.807, 2.05) is 31.1 Å². The number of rotatable bonds is 6. The molecule has 0 amide bonds. The summed E-state index contributed by atoms with van der Waals surface area (Å²) in [5, 5.41) is 0. The van der Waals surface area contributed by atoms with Crippen molar-refractivity contribution in [2.75, 3.05) is 27.2 Å². The zero-order valence-electron chi connectivity index (χ0n) is 12.2. The molecule has 1 N–H and O–H groups in total. The van der Waals surface area contributed by atoms with Crippen molar-refractivity contribution in [1.82, 2.24) is 14.6 Å². The molecule has 0 aliphatic rings. The Kier molecular flexibility index (Phi) is 5.06. The van der Waals surface area contributed by atoms with Gasteiger partial charge in [-0.1, -0.05) is 18.2 Å². The van der Waals surface area contributed by atoms with Crippen molar-refractivity contribution >= 4 is 10.0 Å².